The maximum Gasteiger partial charge on any atom is 0.144 e. The molecule has 0 aliphatic heterocycles. The lowest BCUT2D eigenvalue weighted by Gasteiger charge is -2.08. The highest BCUT2D eigenvalue weighted by Crippen LogP contribution is 2.25. The van der Waals surface area contributed by atoms with Crippen molar-refractivity contribution in [2.75, 3.05) is 5.73 Å². The number of nitriles is 1. The topological polar surface area (TPSA) is 79.8 Å². The van der Waals surface area contributed by atoms with Crippen molar-refractivity contribution in [2.45, 2.75) is 6.42 Å². The zero-order chi connectivity index (χ0) is 13.0. The molecule has 2 aromatic rings. The minimum absolute atomic E-state index is 0.148. The van der Waals surface area contributed by atoms with Gasteiger partial charge in [-0.3, -0.25) is 0 Å². The summed E-state index contributed by atoms with van der Waals surface area (Å²) < 4.78 is 0. The number of carbonyl (C=O) groups is 1. The molecule has 0 aliphatic rings. The number of nitrogen functional groups attached to an aromatic ring is 1. The highest BCUT2D eigenvalue weighted by molar-refractivity contribution is 5.74. The van der Waals surface area contributed by atoms with Gasteiger partial charge < -0.3 is 10.5 Å². The maximum atomic E-state index is 10.5. The van der Waals surface area contributed by atoms with Crippen LogP contribution in [0.2, 0.25) is 0 Å². The van der Waals surface area contributed by atoms with Gasteiger partial charge in [0.2, 0.25) is 0 Å². The van der Waals surface area contributed by atoms with E-state index in [0.29, 0.717) is 16.9 Å². The molecule has 0 saturated heterocycles. The van der Waals surface area contributed by atoms with Crippen LogP contribution < -0.4 is 5.73 Å². The fraction of sp³-hybridized carbons (Fsp3) is 0.0714. The van der Waals surface area contributed by atoms with Gasteiger partial charge >= 0.3 is 0 Å². The largest absolute Gasteiger partial charge is 0.397 e. The van der Waals surface area contributed by atoms with Crippen LogP contribution in [0.25, 0.3) is 11.3 Å². The van der Waals surface area contributed by atoms with Crippen molar-refractivity contribution >= 4 is 12.0 Å². The predicted molar refractivity (Wildman–Crippen MR) is 68.6 cm³/mol. The Kier molecular flexibility index (Phi) is 3.35. The number of carbonyl (C=O) groups excluding carboxylic acids is 1. The molecule has 1 aromatic carbocycles. The van der Waals surface area contributed by atoms with Crippen molar-refractivity contribution in [3.05, 3.63) is 47.7 Å². The quantitative estimate of drug-likeness (QED) is 0.827. The molecular formula is C14H11N3O. The Bertz CT molecular complexity index is 615. The Morgan fingerprint density at radius 2 is 2.06 bits per heavy atom. The van der Waals surface area contributed by atoms with E-state index in [1.54, 1.807) is 6.07 Å². The van der Waals surface area contributed by atoms with Crippen LogP contribution in [0.15, 0.2) is 36.4 Å². The summed E-state index contributed by atoms with van der Waals surface area (Å²) >= 11 is 0. The number of aromatic nitrogens is 1. The van der Waals surface area contributed by atoms with E-state index in [1.807, 2.05) is 36.4 Å². The minimum Gasteiger partial charge on any atom is -0.397 e. The SMILES string of the molecule is N#Cc1nc(-c2ccccc2)c(N)cc1CC=O. The smallest absolute Gasteiger partial charge is 0.144 e. The van der Waals surface area contributed by atoms with Crippen LogP contribution >= 0.6 is 0 Å². The highest BCUT2D eigenvalue weighted by Gasteiger charge is 2.10. The lowest BCUT2D eigenvalue weighted by molar-refractivity contribution is -0.107. The number of nitrogens with two attached hydrogens (primary N) is 1. The molecule has 0 saturated carbocycles. The van der Waals surface area contributed by atoms with Crippen LogP contribution in [-0.4, -0.2) is 11.3 Å². The zero-order valence-corrected chi connectivity index (χ0v) is 9.63. The molecule has 4 heteroatoms. The molecule has 0 atom stereocenters. The van der Waals surface area contributed by atoms with Gasteiger partial charge in [-0.25, -0.2) is 4.98 Å². The van der Waals surface area contributed by atoms with Crippen molar-refractivity contribution in [2.24, 2.45) is 0 Å². The lowest BCUT2D eigenvalue weighted by atomic mass is 10.1. The van der Waals surface area contributed by atoms with Gasteiger partial charge in [-0.1, -0.05) is 30.3 Å². The summed E-state index contributed by atoms with van der Waals surface area (Å²) in [6.07, 6.45) is 0.884. The normalized spacial score (nSPS) is 9.72. The van der Waals surface area contributed by atoms with E-state index in [-0.39, 0.29) is 12.1 Å². The average molecular weight is 237 g/mol. The van der Waals surface area contributed by atoms with Crippen LogP contribution in [-0.2, 0) is 11.2 Å². The predicted octanol–water partition coefficient (Wildman–Crippen LogP) is 1.94. The molecule has 0 unspecified atom stereocenters. The Morgan fingerprint density at radius 3 is 2.67 bits per heavy atom. The maximum absolute atomic E-state index is 10.5. The minimum atomic E-state index is 0.148. The van der Waals surface area contributed by atoms with Crippen molar-refractivity contribution in [1.82, 2.24) is 4.98 Å². The summed E-state index contributed by atoms with van der Waals surface area (Å²) in [6.45, 7) is 0. The van der Waals surface area contributed by atoms with Gasteiger partial charge in [-0.2, -0.15) is 5.26 Å². The first-order valence-corrected chi connectivity index (χ1v) is 5.45. The Labute approximate surface area is 105 Å². The van der Waals surface area contributed by atoms with Crippen LogP contribution in [0.1, 0.15) is 11.3 Å². The summed E-state index contributed by atoms with van der Waals surface area (Å²) in [4.78, 5) is 14.8. The molecule has 0 fully saturated rings. The molecule has 0 aliphatic carbocycles. The van der Waals surface area contributed by atoms with Gasteiger partial charge in [-0.15, -0.1) is 0 Å². The number of rotatable bonds is 3. The number of hydrogen-bond donors (Lipinski definition) is 1. The Balaban J connectivity index is 2.58. The molecule has 1 heterocycles. The second kappa shape index (κ2) is 5.11. The van der Waals surface area contributed by atoms with Crippen LogP contribution in [0.4, 0.5) is 5.69 Å². The molecule has 0 amide bonds. The van der Waals surface area contributed by atoms with Crippen LogP contribution in [0, 0.1) is 11.3 Å². The number of benzene rings is 1. The van der Waals surface area contributed by atoms with Gasteiger partial charge in [-0.05, 0) is 11.6 Å². The molecule has 4 nitrogen and oxygen atoms in total. The first-order valence-electron chi connectivity index (χ1n) is 5.45. The summed E-state index contributed by atoms with van der Waals surface area (Å²) in [5.41, 5.74) is 8.62. The van der Waals surface area contributed by atoms with Crippen molar-refractivity contribution in [3.63, 3.8) is 0 Å². The van der Waals surface area contributed by atoms with Gasteiger partial charge in [0.05, 0.1) is 11.4 Å². The second-order valence-corrected chi connectivity index (χ2v) is 3.78. The first-order chi connectivity index (χ1) is 8.76. The molecular weight excluding hydrogens is 226 g/mol. The number of nitrogens with zero attached hydrogens (tertiary/aromatic N) is 2. The van der Waals surface area contributed by atoms with E-state index in [9.17, 15) is 4.79 Å². The number of pyridine rings is 1. The van der Waals surface area contributed by atoms with E-state index in [2.05, 4.69) is 4.98 Å². The third-order valence-corrected chi connectivity index (χ3v) is 2.59. The highest BCUT2D eigenvalue weighted by atomic mass is 16.1. The first kappa shape index (κ1) is 11.8. The third kappa shape index (κ3) is 2.20. The van der Waals surface area contributed by atoms with Crippen LogP contribution in [0.3, 0.4) is 0 Å². The van der Waals surface area contributed by atoms with Gasteiger partial charge in [0.25, 0.3) is 0 Å². The van der Waals surface area contributed by atoms with Crippen molar-refractivity contribution in [3.8, 4) is 17.3 Å². The molecule has 2 N–H and O–H groups in total. The number of anilines is 1. The van der Waals surface area contributed by atoms with Crippen molar-refractivity contribution in [1.29, 1.82) is 5.26 Å². The van der Waals surface area contributed by atoms with Gasteiger partial charge in [0.15, 0.2) is 0 Å². The van der Waals surface area contributed by atoms with Crippen molar-refractivity contribution < 1.29 is 4.79 Å². The fourth-order valence-electron chi connectivity index (χ4n) is 1.74. The summed E-state index contributed by atoms with van der Waals surface area (Å²) in [5, 5.41) is 9.04. The summed E-state index contributed by atoms with van der Waals surface area (Å²) in [6, 6.07) is 13.0. The van der Waals surface area contributed by atoms with Crippen LogP contribution in [0.5, 0.6) is 0 Å². The molecule has 2 rings (SSSR count). The fourth-order valence-corrected chi connectivity index (χ4v) is 1.74. The second-order valence-electron chi connectivity index (χ2n) is 3.78. The molecule has 1 aromatic heterocycles. The van der Waals surface area contributed by atoms with E-state index < -0.39 is 0 Å². The van der Waals surface area contributed by atoms with E-state index in [4.69, 9.17) is 11.0 Å². The zero-order valence-electron chi connectivity index (χ0n) is 9.63. The standard InChI is InChI=1S/C14H11N3O/c15-9-13-11(6-7-18)8-12(16)14(17-13)10-4-2-1-3-5-10/h1-5,7-8H,6,16H2. The molecule has 18 heavy (non-hydrogen) atoms. The monoisotopic (exact) mass is 237 g/mol. The molecule has 0 radical (unpaired) electrons. The Morgan fingerprint density at radius 1 is 1.33 bits per heavy atom. The van der Waals surface area contributed by atoms with E-state index in [1.165, 1.54) is 0 Å². The van der Waals surface area contributed by atoms with Gasteiger partial charge in [0, 0.05) is 12.0 Å². The van der Waals surface area contributed by atoms with E-state index >= 15 is 0 Å². The molecule has 0 spiro atoms. The number of aldehydes is 1. The Hall–Kier alpha value is -2.67. The summed E-state index contributed by atoms with van der Waals surface area (Å²) in [7, 11) is 0. The summed E-state index contributed by atoms with van der Waals surface area (Å²) in [5.74, 6) is 0. The van der Waals surface area contributed by atoms with E-state index in [0.717, 1.165) is 11.8 Å². The van der Waals surface area contributed by atoms with Gasteiger partial charge in [0.1, 0.15) is 18.0 Å². The molecule has 88 valence electrons. The number of hydrogen-bond acceptors (Lipinski definition) is 4. The molecule has 0 bridgehead atoms. The average Bonchev–Trinajstić information content (AvgIpc) is 2.40. The lowest BCUT2D eigenvalue weighted by Crippen LogP contribution is -2.01. The third-order valence-electron chi connectivity index (χ3n) is 2.59.